The second-order valence-electron chi connectivity index (χ2n) is 6.60. The van der Waals surface area contributed by atoms with Crippen molar-refractivity contribution in [1.29, 1.82) is 0 Å². The Kier molecular flexibility index (Phi) is 5.69. The Hall–Kier alpha value is -3.52. The predicted molar refractivity (Wildman–Crippen MR) is 113 cm³/mol. The Bertz CT molecular complexity index is 926. The molecule has 0 amide bonds. The molecule has 2 heteroatoms. The number of ether oxygens (including phenoxy) is 2. The van der Waals surface area contributed by atoms with Gasteiger partial charge in [-0.05, 0) is 46.5 Å². The summed E-state index contributed by atoms with van der Waals surface area (Å²) in [5.74, 6) is 1.72. The van der Waals surface area contributed by atoms with Gasteiger partial charge in [0.15, 0.2) is 0 Å². The fraction of sp³-hybridized carbons (Fsp3) is 0.0769. The van der Waals surface area contributed by atoms with Crippen molar-refractivity contribution in [3.05, 3.63) is 120 Å². The maximum absolute atomic E-state index is 5.96. The smallest absolute Gasteiger partial charge is 0.120 e. The van der Waals surface area contributed by atoms with E-state index < -0.39 is 0 Å². The summed E-state index contributed by atoms with van der Waals surface area (Å²) in [5, 5.41) is 0. The van der Waals surface area contributed by atoms with Crippen LogP contribution in [0.15, 0.2) is 109 Å². The van der Waals surface area contributed by atoms with E-state index in [0.29, 0.717) is 13.2 Å². The molecule has 0 N–H and O–H groups in total. The molecule has 0 aliphatic heterocycles. The lowest BCUT2D eigenvalue weighted by Gasteiger charge is -2.10. The van der Waals surface area contributed by atoms with Gasteiger partial charge in [-0.15, -0.1) is 0 Å². The zero-order chi connectivity index (χ0) is 19.0. The second-order valence-corrected chi connectivity index (χ2v) is 6.60. The van der Waals surface area contributed by atoms with Gasteiger partial charge in [0.05, 0.1) is 0 Å². The van der Waals surface area contributed by atoms with Crippen molar-refractivity contribution in [3.63, 3.8) is 0 Å². The van der Waals surface area contributed by atoms with Crippen molar-refractivity contribution < 1.29 is 9.47 Å². The molecular formula is C26H22O2. The first-order chi connectivity index (χ1) is 13.9. The molecule has 0 unspecified atom stereocenters. The van der Waals surface area contributed by atoms with E-state index in [0.717, 1.165) is 33.8 Å². The Balaban J connectivity index is 1.45. The van der Waals surface area contributed by atoms with Gasteiger partial charge in [-0.2, -0.15) is 0 Å². The molecule has 4 aromatic rings. The minimum Gasteiger partial charge on any atom is -0.489 e. The van der Waals surface area contributed by atoms with Crippen molar-refractivity contribution in [2.45, 2.75) is 13.2 Å². The Morgan fingerprint density at radius 2 is 0.857 bits per heavy atom. The minimum atomic E-state index is 0.560. The molecule has 0 atom stereocenters. The molecule has 0 spiro atoms. The summed E-state index contributed by atoms with van der Waals surface area (Å²) in [4.78, 5) is 0. The van der Waals surface area contributed by atoms with Crippen LogP contribution < -0.4 is 9.47 Å². The van der Waals surface area contributed by atoms with Gasteiger partial charge in [0, 0.05) is 0 Å². The maximum atomic E-state index is 5.96. The fourth-order valence-corrected chi connectivity index (χ4v) is 3.01. The van der Waals surface area contributed by atoms with Crippen LogP contribution in [0.1, 0.15) is 11.1 Å². The normalized spacial score (nSPS) is 10.4. The second kappa shape index (κ2) is 8.92. The number of benzene rings is 4. The number of hydrogen-bond acceptors (Lipinski definition) is 2. The molecule has 138 valence electrons. The molecular weight excluding hydrogens is 344 g/mol. The van der Waals surface area contributed by atoms with Crippen LogP contribution >= 0.6 is 0 Å². The lowest BCUT2D eigenvalue weighted by molar-refractivity contribution is 0.306. The standard InChI is InChI=1S/C26H22O2/c1-3-9-21(10-4-1)19-27-25-15-7-13-23(17-25)24-14-8-16-26(18-24)28-20-22-11-5-2-6-12-22/h1-18H,19-20H2. The summed E-state index contributed by atoms with van der Waals surface area (Å²) in [6, 6.07) is 36.7. The Morgan fingerprint density at radius 1 is 0.429 bits per heavy atom. The highest BCUT2D eigenvalue weighted by atomic mass is 16.5. The van der Waals surface area contributed by atoms with E-state index in [2.05, 4.69) is 48.5 Å². The van der Waals surface area contributed by atoms with E-state index >= 15 is 0 Å². The van der Waals surface area contributed by atoms with Gasteiger partial charge in [0.2, 0.25) is 0 Å². The topological polar surface area (TPSA) is 18.5 Å². The fourth-order valence-electron chi connectivity index (χ4n) is 3.01. The van der Waals surface area contributed by atoms with Crippen LogP contribution in [0.5, 0.6) is 11.5 Å². The van der Waals surface area contributed by atoms with Crippen LogP contribution in [0.4, 0.5) is 0 Å². The van der Waals surface area contributed by atoms with Crippen molar-refractivity contribution >= 4 is 0 Å². The molecule has 0 aliphatic carbocycles. The summed E-state index contributed by atoms with van der Waals surface area (Å²) in [5.41, 5.74) is 4.53. The molecule has 0 radical (unpaired) electrons. The van der Waals surface area contributed by atoms with Gasteiger partial charge in [0.1, 0.15) is 24.7 Å². The summed E-state index contributed by atoms with van der Waals surface area (Å²) < 4.78 is 11.9. The summed E-state index contributed by atoms with van der Waals surface area (Å²) >= 11 is 0. The average Bonchev–Trinajstić information content (AvgIpc) is 2.78. The molecule has 4 aromatic carbocycles. The highest BCUT2D eigenvalue weighted by Gasteiger charge is 2.03. The minimum absolute atomic E-state index is 0.560. The van der Waals surface area contributed by atoms with Crippen molar-refractivity contribution in [3.8, 4) is 22.6 Å². The van der Waals surface area contributed by atoms with Crippen LogP contribution in [-0.2, 0) is 13.2 Å². The molecule has 4 rings (SSSR count). The molecule has 28 heavy (non-hydrogen) atoms. The molecule has 0 fully saturated rings. The molecule has 2 nitrogen and oxygen atoms in total. The molecule has 0 heterocycles. The maximum Gasteiger partial charge on any atom is 0.120 e. The summed E-state index contributed by atoms with van der Waals surface area (Å²) in [6.07, 6.45) is 0. The van der Waals surface area contributed by atoms with E-state index in [4.69, 9.17) is 9.47 Å². The zero-order valence-electron chi connectivity index (χ0n) is 15.6. The Morgan fingerprint density at radius 3 is 1.29 bits per heavy atom. The van der Waals surface area contributed by atoms with Crippen LogP contribution in [0.2, 0.25) is 0 Å². The van der Waals surface area contributed by atoms with Gasteiger partial charge < -0.3 is 9.47 Å². The molecule has 0 saturated carbocycles. The van der Waals surface area contributed by atoms with Crippen LogP contribution in [0.3, 0.4) is 0 Å². The van der Waals surface area contributed by atoms with Crippen LogP contribution in [0.25, 0.3) is 11.1 Å². The van der Waals surface area contributed by atoms with E-state index in [-0.39, 0.29) is 0 Å². The quantitative estimate of drug-likeness (QED) is 0.371. The highest BCUT2D eigenvalue weighted by Crippen LogP contribution is 2.27. The van der Waals surface area contributed by atoms with Crippen LogP contribution in [0, 0.1) is 0 Å². The first-order valence-corrected chi connectivity index (χ1v) is 9.41. The van der Waals surface area contributed by atoms with E-state index in [1.807, 2.05) is 60.7 Å². The van der Waals surface area contributed by atoms with E-state index in [1.54, 1.807) is 0 Å². The van der Waals surface area contributed by atoms with Gasteiger partial charge >= 0.3 is 0 Å². The monoisotopic (exact) mass is 366 g/mol. The third-order valence-corrected chi connectivity index (χ3v) is 4.50. The first-order valence-electron chi connectivity index (χ1n) is 9.41. The lowest BCUT2D eigenvalue weighted by atomic mass is 10.1. The zero-order valence-corrected chi connectivity index (χ0v) is 15.6. The van der Waals surface area contributed by atoms with Gasteiger partial charge in [-0.1, -0.05) is 84.9 Å². The van der Waals surface area contributed by atoms with Gasteiger partial charge in [-0.25, -0.2) is 0 Å². The van der Waals surface area contributed by atoms with Crippen LogP contribution in [-0.4, -0.2) is 0 Å². The molecule has 0 saturated heterocycles. The van der Waals surface area contributed by atoms with Gasteiger partial charge in [0.25, 0.3) is 0 Å². The molecule has 0 aliphatic rings. The van der Waals surface area contributed by atoms with Crippen molar-refractivity contribution in [2.75, 3.05) is 0 Å². The van der Waals surface area contributed by atoms with Crippen molar-refractivity contribution in [2.24, 2.45) is 0 Å². The van der Waals surface area contributed by atoms with Crippen molar-refractivity contribution in [1.82, 2.24) is 0 Å². The number of rotatable bonds is 7. The average molecular weight is 366 g/mol. The van der Waals surface area contributed by atoms with E-state index in [9.17, 15) is 0 Å². The molecule has 0 aromatic heterocycles. The Labute approximate surface area is 166 Å². The number of hydrogen-bond donors (Lipinski definition) is 0. The first kappa shape index (κ1) is 17.9. The summed E-state index contributed by atoms with van der Waals surface area (Å²) in [7, 11) is 0. The SMILES string of the molecule is c1ccc(COc2cccc(-c3cccc(OCc4ccccc4)c3)c2)cc1. The largest absolute Gasteiger partial charge is 0.489 e. The summed E-state index contributed by atoms with van der Waals surface area (Å²) in [6.45, 7) is 1.12. The lowest BCUT2D eigenvalue weighted by Crippen LogP contribution is -1.96. The molecule has 0 bridgehead atoms. The van der Waals surface area contributed by atoms with E-state index in [1.165, 1.54) is 0 Å². The highest BCUT2D eigenvalue weighted by molar-refractivity contribution is 5.66. The van der Waals surface area contributed by atoms with Gasteiger partial charge in [-0.3, -0.25) is 0 Å². The third-order valence-electron chi connectivity index (χ3n) is 4.50. The third kappa shape index (κ3) is 4.80. The predicted octanol–water partition coefficient (Wildman–Crippen LogP) is 6.51.